The Morgan fingerprint density at radius 2 is 1.44 bits per heavy atom. The van der Waals surface area contributed by atoms with E-state index in [1.54, 1.807) is 27.7 Å². The topological polar surface area (TPSA) is 166 Å². The Bertz CT molecular complexity index is 1240. The summed E-state index contributed by atoms with van der Waals surface area (Å²) in [5.41, 5.74) is 6.13. The second-order valence-corrected chi connectivity index (χ2v) is 11.0. The normalized spacial score (nSPS) is 13.3. The van der Waals surface area contributed by atoms with E-state index in [1.165, 1.54) is 12.2 Å². The molecular weight excluding hydrogens is 552 g/mol. The van der Waals surface area contributed by atoms with E-state index < -0.39 is 53.3 Å². The number of carbonyl (C=O) groups is 5. The number of rotatable bonds is 15. The van der Waals surface area contributed by atoms with E-state index in [4.69, 9.17) is 15.2 Å². The molecule has 0 heterocycles. The first-order valence-corrected chi connectivity index (χ1v) is 14.1. The number of alkyl carbamates (subject to hydrolysis) is 1. The number of amides is 4. The highest BCUT2D eigenvalue weighted by atomic mass is 16.5. The molecule has 0 unspecified atom stereocenters. The zero-order valence-electron chi connectivity index (χ0n) is 25.1. The fourth-order valence-corrected chi connectivity index (χ4v) is 4.05. The average Bonchev–Trinajstić information content (AvgIpc) is 2.96. The van der Waals surface area contributed by atoms with Gasteiger partial charge in [0.15, 0.2) is 0 Å². The van der Waals surface area contributed by atoms with Crippen LogP contribution < -0.4 is 21.7 Å². The monoisotopic (exact) mass is 594 g/mol. The Morgan fingerprint density at radius 1 is 0.837 bits per heavy atom. The van der Waals surface area contributed by atoms with Crippen LogP contribution in [0.5, 0.6) is 0 Å². The Morgan fingerprint density at radius 3 is 2.00 bits per heavy atom. The zero-order valence-corrected chi connectivity index (χ0v) is 25.1. The third-order valence-corrected chi connectivity index (χ3v) is 6.30. The molecule has 11 heteroatoms. The van der Waals surface area contributed by atoms with Gasteiger partial charge in [0, 0.05) is 25.0 Å². The van der Waals surface area contributed by atoms with Crippen LogP contribution in [-0.2, 0) is 41.7 Å². The van der Waals surface area contributed by atoms with Crippen molar-refractivity contribution in [2.75, 3.05) is 6.61 Å². The number of carbonyl (C=O) groups excluding carboxylic acids is 5. The van der Waals surface area contributed by atoms with Crippen molar-refractivity contribution in [3.05, 3.63) is 83.9 Å². The molecular formula is C32H42N4O7. The van der Waals surface area contributed by atoms with Crippen molar-refractivity contribution in [2.45, 2.75) is 71.7 Å². The highest BCUT2D eigenvalue weighted by Crippen LogP contribution is 2.20. The number of nitrogens with two attached hydrogens (primary N) is 1. The summed E-state index contributed by atoms with van der Waals surface area (Å²) >= 11 is 0. The Labute approximate surface area is 252 Å². The first-order chi connectivity index (χ1) is 20.4. The van der Waals surface area contributed by atoms with Crippen molar-refractivity contribution in [3.8, 4) is 0 Å². The maximum absolute atomic E-state index is 13.6. The number of hydrogen-bond donors (Lipinski definition) is 4. The summed E-state index contributed by atoms with van der Waals surface area (Å²) in [6, 6.07) is 15.4. The van der Waals surface area contributed by atoms with Crippen molar-refractivity contribution in [1.29, 1.82) is 0 Å². The van der Waals surface area contributed by atoms with Gasteiger partial charge in [0.25, 0.3) is 0 Å². The van der Waals surface area contributed by atoms with Gasteiger partial charge in [0.1, 0.15) is 18.7 Å². The van der Waals surface area contributed by atoms with Gasteiger partial charge in [-0.25, -0.2) is 9.59 Å². The summed E-state index contributed by atoms with van der Waals surface area (Å²) in [4.78, 5) is 63.1. The summed E-state index contributed by atoms with van der Waals surface area (Å²) in [6.07, 6.45) is 2.03. The molecule has 0 saturated carbocycles. The van der Waals surface area contributed by atoms with Crippen LogP contribution in [0.25, 0.3) is 0 Å². The third-order valence-electron chi connectivity index (χ3n) is 6.30. The minimum Gasteiger partial charge on any atom is -0.463 e. The van der Waals surface area contributed by atoms with Gasteiger partial charge in [-0.15, -0.1) is 0 Å². The molecule has 0 fully saturated rings. The van der Waals surface area contributed by atoms with Gasteiger partial charge in [0.05, 0.1) is 6.61 Å². The zero-order chi connectivity index (χ0) is 31.8. The lowest BCUT2D eigenvalue weighted by atomic mass is 9.86. The molecule has 232 valence electrons. The lowest BCUT2D eigenvalue weighted by Gasteiger charge is -2.31. The number of benzene rings is 2. The fourth-order valence-electron chi connectivity index (χ4n) is 4.05. The molecule has 43 heavy (non-hydrogen) atoms. The second kappa shape index (κ2) is 17.3. The maximum Gasteiger partial charge on any atom is 0.408 e. The number of hydrogen-bond acceptors (Lipinski definition) is 7. The molecule has 0 bridgehead atoms. The van der Waals surface area contributed by atoms with Crippen LogP contribution >= 0.6 is 0 Å². The Kier molecular flexibility index (Phi) is 13.9. The molecule has 3 atom stereocenters. The van der Waals surface area contributed by atoms with E-state index in [2.05, 4.69) is 16.0 Å². The summed E-state index contributed by atoms with van der Waals surface area (Å²) in [5, 5.41) is 8.20. The summed E-state index contributed by atoms with van der Waals surface area (Å²) in [7, 11) is 0. The van der Waals surface area contributed by atoms with Crippen LogP contribution in [0.1, 0.15) is 51.7 Å². The predicted molar refractivity (Wildman–Crippen MR) is 161 cm³/mol. The molecule has 2 aromatic rings. The van der Waals surface area contributed by atoms with Crippen LogP contribution in [0, 0.1) is 5.41 Å². The van der Waals surface area contributed by atoms with Gasteiger partial charge < -0.3 is 31.2 Å². The van der Waals surface area contributed by atoms with Gasteiger partial charge in [-0.1, -0.05) is 87.5 Å². The molecule has 2 rings (SSSR count). The highest BCUT2D eigenvalue weighted by Gasteiger charge is 2.35. The highest BCUT2D eigenvalue weighted by molar-refractivity contribution is 5.92. The summed E-state index contributed by atoms with van der Waals surface area (Å²) < 4.78 is 10.2. The Balaban J connectivity index is 2.23. The van der Waals surface area contributed by atoms with E-state index in [1.807, 2.05) is 60.7 Å². The van der Waals surface area contributed by atoms with Gasteiger partial charge in [-0.05, 0) is 29.9 Å². The van der Waals surface area contributed by atoms with Crippen LogP contribution in [0.4, 0.5) is 4.79 Å². The van der Waals surface area contributed by atoms with E-state index in [-0.39, 0.29) is 32.5 Å². The van der Waals surface area contributed by atoms with E-state index in [9.17, 15) is 24.0 Å². The van der Waals surface area contributed by atoms with Crippen LogP contribution in [-0.4, -0.2) is 54.5 Å². The van der Waals surface area contributed by atoms with Crippen molar-refractivity contribution in [1.82, 2.24) is 16.0 Å². The average molecular weight is 595 g/mol. The smallest absolute Gasteiger partial charge is 0.408 e. The van der Waals surface area contributed by atoms with Crippen molar-refractivity contribution < 1.29 is 33.4 Å². The molecule has 0 aliphatic carbocycles. The largest absolute Gasteiger partial charge is 0.463 e. The maximum atomic E-state index is 13.6. The minimum atomic E-state index is -1.06. The first kappa shape index (κ1) is 34.5. The lowest BCUT2D eigenvalue weighted by molar-refractivity contribution is -0.137. The van der Waals surface area contributed by atoms with Crippen molar-refractivity contribution in [3.63, 3.8) is 0 Å². The SMILES string of the molecule is CCOC(=O)/C=C/[C@H](CCC(N)=O)NC(=O)[C@H](Cc1ccccc1)NC(=O)[C@@H](NC(=O)OCc1ccccc1)C(C)(C)C. The summed E-state index contributed by atoms with van der Waals surface area (Å²) in [6.45, 7) is 7.20. The van der Waals surface area contributed by atoms with Crippen LogP contribution in [0.3, 0.4) is 0 Å². The molecule has 4 amide bonds. The molecule has 11 nitrogen and oxygen atoms in total. The standard InChI is InChI=1S/C32H42N4O7/c1-5-42-27(38)19-17-24(16-18-26(33)37)34-29(39)25(20-22-12-8-6-9-13-22)35-30(40)28(32(2,3)4)36-31(41)43-21-23-14-10-7-11-15-23/h6-15,17,19,24-25,28H,5,16,18,20-21H2,1-4H3,(H2,33,37)(H,34,39)(H,35,40)(H,36,41)/b19-17+/t24-,25-,28+/m0/s1. The summed E-state index contributed by atoms with van der Waals surface area (Å²) in [5.74, 6) is -2.32. The molecule has 0 radical (unpaired) electrons. The molecule has 0 aliphatic rings. The van der Waals surface area contributed by atoms with Crippen molar-refractivity contribution >= 4 is 29.8 Å². The van der Waals surface area contributed by atoms with Crippen LogP contribution in [0.2, 0.25) is 0 Å². The van der Waals surface area contributed by atoms with Gasteiger partial charge >= 0.3 is 12.1 Å². The molecule has 0 aliphatic heterocycles. The van der Waals surface area contributed by atoms with Gasteiger partial charge in [-0.2, -0.15) is 0 Å². The number of ether oxygens (including phenoxy) is 2. The number of primary amides is 1. The third kappa shape index (κ3) is 13.2. The molecule has 5 N–H and O–H groups in total. The molecule has 2 aromatic carbocycles. The lowest BCUT2D eigenvalue weighted by Crippen LogP contribution is -2.58. The molecule has 0 spiro atoms. The predicted octanol–water partition coefficient (Wildman–Crippen LogP) is 2.92. The van der Waals surface area contributed by atoms with E-state index in [0.717, 1.165) is 11.1 Å². The fraction of sp³-hybridized carbons (Fsp3) is 0.406. The Hall–Kier alpha value is -4.67. The molecule has 0 saturated heterocycles. The van der Waals surface area contributed by atoms with Gasteiger partial charge in [0.2, 0.25) is 17.7 Å². The second-order valence-electron chi connectivity index (χ2n) is 11.0. The van der Waals surface area contributed by atoms with Crippen molar-refractivity contribution in [2.24, 2.45) is 11.1 Å². The molecule has 0 aromatic heterocycles. The number of esters is 1. The van der Waals surface area contributed by atoms with Crippen LogP contribution in [0.15, 0.2) is 72.8 Å². The van der Waals surface area contributed by atoms with E-state index >= 15 is 0 Å². The number of nitrogens with one attached hydrogen (secondary N) is 3. The van der Waals surface area contributed by atoms with Gasteiger partial charge in [-0.3, -0.25) is 14.4 Å². The van der Waals surface area contributed by atoms with E-state index in [0.29, 0.717) is 0 Å². The quantitative estimate of drug-likeness (QED) is 0.182. The minimum absolute atomic E-state index is 0.0240. The first-order valence-electron chi connectivity index (χ1n) is 14.1.